The molecule has 0 spiro atoms. The van der Waals surface area contributed by atoms with Gasteiger partial charge in [0.15, 0.2) is 5.11 Å². The maximum absolute atomic E-state index is 12.6. The van der Waals surface area contributed by atoms with E-state index in [2.05, 4.69) is 32.1 Å². The van der Waals surface area contributed by atoms with Gasteiger partial charge in [-0.15, -0.1) is 0 Å². The zero-order valence-electron chi connectivity index (χ0n) is 17.4. The Kier molecular flexibility index (Phi) is 8.35. The van der Waals surface area contributed by atoms with Crippen molar-refractivity contribution in [1.82, 2.24) is 16.2 Å². The molecule has 0 heterocycles. The van der Waals surface area contributed by atoms with Crippen LogP contribution in [-0.4, -0.2) is 23.5 Å². The number of hydrogen-bond acceptors (Lipinski definition) is 4. The summed E-state index contributed by atoms with van der Waals surface area (Å²) in [6.07, 6.45) is 0.815. The van der Waals surface area contributed by atoms with Crippen molar-refractivity contribution in [3.05, 3.63) is 88.4 Å². The third-order valence-corrected chi connectivity index (χ3v) is 5.12. The quantitative estimate of drug-likeness (QED) is 0.325. The molecule has 0 unspecified atom stereocenters. The summed E-state index contributed by atoms with van der Waals surface area (Å²) in [7, 11) is 0. The van der Waals surface area contributed by atoms with Crippen LogP contribution in [0.15, 0.2) is 77.3 Å². The van der Waals surface area contributed by atoms with Crippen LogP contribution in [0.4, 0.5) is 0 Å². The zero-order chi connectivity index (χ0) is 22.9. The first-order valence-corrected chi connectivity index (χ1v) is 11.2. The summed E-state index contributed by atoms with van der Waals surface area (Å²) in [5.41, 5.74) is 7.90. The lowest BCUT2D eigenvalue weighted by Gasteiger charge is -2.14. The normalized spacial score (nSPS) is 10.2. The molecule has 8 heteroatoms. The van der Waals surface area contributed by atoms with Gasteiger partial charge in [0.1, 0.15) is 5.75 Å². The molecule has 0 atom stereocenters. The van der Waals surface area contributed by atoms with Crippen LogP contribution in [0.5, 0.6) is 5.75 Å². The molecule has 0 aliphatic rings. The van der Waals surface area contributed by atoms with E-state index < -0.39 is 5.91 Å². The Balaban J connectivity index is 1.56. The maximum atomic E-state index is 12.6. The van der Waals surface area contributed by atoms with E-state index in [9.17, 15) is 9.59 Å². The van der Waals surface area contributed by atoms with E-state index in [0.717, 1.165) is 22.0 Å². The molecule has 0 aromatic heterocycles. The largest absolute Gasteiger partial charge is 0.493 e. The van der Waals surface area contributed by atoms with Crippen molar-refractivity contribution in [2.24, 2.45) is 0 Å². The Morgan fingerprint density at radius 2 is 1.59 bits per heavy atom. The smallest absolute Gasteiger partial charge is 0.269 e. The average molecular weight is 512 g/mol. The average Bonchev–Trinajstić information content (AvgIpc) is 2.82. The molecule has 164 valence electrons. The highest BCUT2D eigenvalue weighted by Gasteiger charge is 2.15. The molecule has 0 aliphatic heterocycles. The van der Waals surface area contributed by atoms with E-state index >= 15 is 0 Å². The topological polar surface area (TPSA) is 79.5 Å². The second kappa shape index (κ2) is 11.4. The molecule has 0 aliphatic carbocycles. The van der Waals surface area contributed by atoms with E-state index in [-0.39, 0.29) is 11.0 Å². The monoisotopic (exact) mass is 511 g/mol. The number of hydrogen-bond donors (Lipinski definition) is 3. The van der Waals surface area contributed by atoms with E-state index in [4.69, 9.17) is 17.0 Å². The first-order chi connectivity index (χ1) is 15.5. The SMILES string of the molecule is CCCOc1ccc(Br)cc1C(=O)NC(=S)NNC(=O)c1ccc(-c2ccccc2)cc1. The number of hydrazine groups is 1. The Hall–Kier alpha value is -3.23. The Morgan fingerprint density at radius 1 is 0.906 bits per heavy atom. The van der Waals surface area contributed by atoms with Gasteiger partial charge in [0.05, 0.1) is 12.2 Å². The number of nitrogens with one attached hydrogen (secondary N) is 3. The van der Waals surface area contributed by atoms with E-state index in [1.807, 2.05) is 49.4 Å². The van der Waals surface area contributed by atoms with Gasteiger partial charge in [-0.05, 0) is 60.1 Å². The van der Waals surface area contributed by atoms with Crippen LogP contribution < -0.4 is 20.9 Å². The Morgan fingerprint density at radius 3 is 2.28 bits per heavy atom. The van der Waals surface area contributed by atoms with Gasteiger partial charge < -0.3 is 4.74 Å². The summed E-state index contributed by atoms with van der Waals surface area (Å²) in [4.78, 5) is 25.0. The molecule has 0 saturated heterocycles. The third kappa shape index (κ3) is 6.38. The molecule has 6 nitrogen and oxygen atoms in total. The maximum Gasteiger partial charge on any atom is 0.269 e. The highest BCUT2D eigenvalue weighted by atomic mass is 79.9. The fraction of sp³-hybridized carbons (Fsp3) is 0.125. The second-order valence-corrected chi connectivity index (χ2v) is 8.12. The number of carbonyl (C=O) groups is 2. The van der Waals surface area contributed by atoms with Gasteiger partial charge in [-0.25, -0.2) is 0 Å². The third-order valence-electron chi connectivity index (χ3n) is 4.42. The molecule has 3 aromatic carbocycles. The Bertz CT molecular complexity index is 1110. The van der Waals surface area contributed by atoms with Gasteiger partial charge in [-0.2, -0.15) is 0 Å². The van der Waals surface area contributed by atoms with Gasteiger partial charge in [0, 0.05) is 10.0 Å². The fourth-order valence-electron chi connectivity index (χ4n) is 2.85. The van der Waals surface area contributed by atoms with Crippen molar-refractivity contribution in [2.45, 2.75) is 13.3 Å². The minimum Gasteiger partial charge on any atom is -0.493 e. The van der Waals surface area contributed by atoms with Crippen molar-refractivity contribution in [3.8, 4) is 16.9 Å². The number of rotatable bonds is 6. The predicted octanol–water partition coefficient (Wildman–Crippen LogP) is 4.85. The van der Waals surface area contributed by atoms with Gasteiger partial charge in [-0.3, -0.25) is 25.8 Å². The van der Waals surface area contributed by atoms with Crippen LogP contribution >= 0.6 is 28.1 Å². The molecule has 0 saturated carbocycles. The second-order valence-electron chi connectivity index (χ2n) is 6.79. The molecule has 3 rings (SSSR count). The molecule has 2 amide bonds. The zero-order valence-corrected chi connectivity index (χ0v) is 19.8. The molecule has 0 fully saturated rings. The van der Waals surface area contributed by atoms with Gasteiger partial charge in [0.2, 0.25) is 0 Å². The highest BCUT2D eigenvalue weighted by molar-refractivity contribution is 9.10. The summed E-state index contributed by atoms with van der Waals surface area (Å²) in [5.74, 6) is -0.370. The number of thiocarbonyl (C=S) groups is 1. The van der Waals surface area contributed by atoms with Crippen LogP contribution in [0.25, 0.3) is 11.1 Å². The van der Waals surface area contributed by atoms with Crippen molar-refractivity contribution >= 4 is 45.1 Å². The van der Waals surface area contributed by atoms with Crippen LogP contribution in [-0.2, 0) is 0 Å². The van der Waals surface area contributed by atoms with E-state index in [1.165, 1.54) is 0 Å². The highest BCUT2D eigenvalue weighted by Crippen LogP contribution is 2.23. The number of halogens is 1. The molecule has 0 bridgehead atoms. The fourth-order valence-corrected chi connectivity index (χ4v) is 3.35. The van der Waals surface area contributed by atoms with Crippen LogP contribution in [0, 0.1) is 0 Å². The molecule has 0 radical (unpaired) electrons. The summed E-state index contributed by atoms with van der Waals surface area (Å²) in [6.45, 7) is 2.47. The number of carbonyl (C=O) groups excluding carboxylic acids is 2. The van der Waals surface area contributed by atoms with Gasteiger partial charge >= 0.3 is 0 Å². The summed E-state index contributed by atoms with van der Waals surface area (Å²) < 4.78 is 6.36. The molecule has 3 N–H and O–H groups in total. The molecule has 32 heavy (non-hydrogen) atoms. The summed E-state index contributed by atoms with van der Waals surface area (Å²) in [6, 6.07) is 22.2. The number of ether oxygens (including phenoxy) is 1. The van der Waals surface area contributed by atoms with Crippen molar-refractivity contribution in [2.75, 3.05) is 6.61 Å². The first-order valence-electron chi connectivity index (χ1n) is 9.97. The predicted molar refractivity (Wildman–Crippen MR) is 132 cm³/mol. The lowest BCUT2D eigenvalue weighted by Crippen LogP contribution is -2.48. The van der Waals surface area contributed by atoms with Crippen LogP contribution in [0.1, 0.15) is 34.1 Å². The van der Waals surface area contributed by atoms with Crippen molar-refractivity contribution in [1.29, 1.82) is 0 Å². The van der Waals surface area contributed by atoms with Gasteiger partial charge in [-0.1, -0.05) is 65.3 Å². The number of benzene rings is 3. The minimum absolute atomic E-state index is 0.0364. The van der Waals surface area contributed by atoms with Crippen molar-refractivity contribution < 1.29 is 14.3 Å². The Labute approximate surface area is 200 Å². The van der Waals surface area contributed by atoms with E-state index in [1.54, 1.807) is 30.3 Å². The van der Waals surface area contributed by atoms with Crippen molar-refractivity contribution in [3.63, 3.8) is 0 Å². The van der Waals surface area contributed by atoms with Gasteiger partial charge in [0.25, 0.3) is 11.8 Å². The molecule has 3 aromatic rings. The summed E-state index contributed by atoms with van der Waals surface area (Å²) in [5, 5.41) is 2.51. The van der Waals surface area contributed by atoms with Crippen LogP contribution in [0.2, 0.25) is 0 Å². The lowest BCUT2D eigenvalue weighted by atomic mass is 10.0. The molecular weight excluding hydrogens is 490 g/mol. The lowest BCUT2D eigenvalue weighted by molar-refractivity contribution is 0.0933. The number of amides is 2. The standard InChI is InChI=1S/C24H22BrN3O3S/c1-2-14-31-21-13-12-19(25)15-20(21)23(30)26-24(32)28-27-22(29)18-10-8-17(9-11-18)16-6-4-3-5-7-16/h3-13,15H,2,14H2,1H3,(H,27,29)(H2,26,28,30,32). The summed E-state index contributed by atoms with van der Waals surface area (Å²) >= 11 is 8.49. The molecular formula is C24H22BrN3O3S. The van der Waals surface area contributed by atoms with Crippen LogP contribution in [0.3, 0.4) is 0 Å². The first kappa shape index (κ1) is 23.4. The van der Waals surface area contributed by atoms with E-state index in [0.29, 0.717) is 23.5 Å². The minimum atomic E-state index is -0.448.